The van der Waals surface area contributed by atoms with Gasteiger partial charge >= 0.3 is 6.03 Å². The zero-order chi connectivity index (χ0) is 16.4. The molecule has 0 atom stereocenters. The van der Waals surface area contributed by atoms with Crippen molar-refractivity contribution in [3.05, 3.63) is 18.5 Å². The lowest BCUT2D eigenvalue weighted by Crippen LogP contribution is -2.49. The van der Waals surface area contributed by atoms with Crippen LogP contribution in [0.15, 0.2) is 18.5 Å². The summed E-state index contributed by atoms with van der Waals surface area (Å²) in [5, 5.41) is 12.7. The molecule has 1 aliphatic carbocycles. The quantitative estimate of drug-likeness (QED) is 0.807. The van der Waals surface area contributed by atoms with Crippen molar-refractivity contribution in [1.82, 2.24) is 20.4 Å². The Morgan fingerprint density at radius 1 is 1.39 bits per heavy atom. The van der Waals surface area contributed by atoms with E-state index < -0.39 is 17.5 Å². The number of carbonyl (C=O) groups excluding carboxylic acids is 3. The van der Waals surface area contributed by atoms with Crippen LogP contribution in [0.4, 0.5) is 10.5 Å². The van der Waals surface area contributed by atoms with E-state index in [4.69, 9.17) is 0 Å². The maximum Gasteiger partial charge on any atom is 0.325 e. The van der Waals surface area contributed by atoms with Crippen LogP contribution in [0.25, 0.3) is 0 Å². The first-order valence-corrected chi connectivity index (χ1v) is 7.71. The first-order chi connectivity index (χ1) is 11.0. The van der Waals surface area contributed by atoms with Crippen molar-refractivity contribution in [2.75, 3.05) is 11.9 Å². The third-order valence-electron chi connectivity index (χ3n) is 4.54. The lowest BCUT2D eigenvalue weighted by Gasteiger charge is -2.33. The summed E-state index contributed by atoms with van der Waals surface area (Å²) < 4.78 is 0. The minimum atomic E-state index is -0.817. The molecule has 8 heteroatoms. The summed E-state index contributed by atoms with van der Waals surface area (Å²) in [7, 11) is 0. The fraction of sp³-hybridized carbons (Fsp3) is 0.533. The molecule has 1 aliphatic heterocycles. The molecular formula is C15H19N5O3. The van der Waals surface area contributed by atoms with Gasteiger partial charge in [-0.15, -0.1) is 0 Å². The number of nitrogens with zero attached hydrogens (tertiary/aromatic N) is 3. The van der Waals surface area contributed by atoms with Crippen molar-refractivity contribution in [2.45, 2.75) is 38.1 Å². The van der Waals surface area contributed by atoms with E-state index >= 15 is 0 Å². The minimum absolute atomic E-state index is 0.294. The maximum atomic E-state index is 12.6. The molecule has 2 N–H and O–H groups in total. The molecule has 1 aromatic heterocycles. The standard InChI is InChI=1S/C15H19N5O3/c1-10-2-5-15(6-3-10)13(22)20(14(23)19-15)9-12(21)18-11-4-7-16-17-8-11/h4,7-8,10H,2-3,5-6,9H2,1H3,(H,19,23)(H,16,18,21). The predicted molar refractivity (Wildman–Crippen MR) is 81.3 cm³/mol. The highest BCUT2D eigenvalue weighted by Gasteiger charge is 2.52. The summed E-state index contributed by atoms with van der Waals surface area (Å²) in [6.45, 7) is 1.84. The summed E-state index contributed by atoms with van der Waals surface area (Å²) in [5.74, 6) is -0.179. The van der Waals surface area contributed by atoms with Crippen molar-refractivity contribution >= 4 is 23.5 Å². The second kappa shape index (κ2) is 5.94. The van der Waals surface area contributed by atoms with Gasteiger partial charge in [-0.05, 0) is 37.7 Å². The van der Waals surface area contributed by atoms with Gasteiger partial charge in [0.15, 0.2) is 0 Å². The van der Waals surface area contributed by atoms with Gasteiger partial charge in [0.2, 0.25) is 5.91 Å². The lowest BCUT2D eigenvalue weighted by molar-refractivity contribution is -0.135. The molecule has 1 aromatic rings. The second-order valence-electron chi connectivity index (χ2n) is 6.27. The van der Waals surface area contributed by atoms with Crippen LogP contribution in [0, 0.1) is 5.92 Å². The Morgan fingerprint density at radius 2 is 2.13 bits per heavy atom. The number of anilines is 1. The molecule has 2 fully saturated rings. The van der Waals surface area contributed by atoms with Gasteiger partial charge in [-0.1, -0.05) is 6.92 Å². The van der Waals surface area contributed by atoms with Crippen molar-refractivity contribution in [3.8, 4) is 0 Å². The van der Waals surface area contributed by atoms with Crippen molar-refractivity contribution in [2.24, 2.45) is 5.92 Å². The van der Waals surface area contributed by atoms with Gasteiger partial charge in [0.25, 0.3) is 5.91 Å². The molecule has 0 radical (unpaired) electrons. The van der Waals surface area contributed by atoms with Gasteiger partial charge in [0, 0.05) is 0 Å². The van der Waals surface area contributed by atoms with Crippen molar-refractivity contribution < 1.29 is 14.4 Å². The summed E-state index contributed by atoms with van der Waals surface area (Å²) in [6.07, 6.45) is 5.90. The number of imide groups is 1. The number of amides is 4. The van der Waals surface area contributed by atoms with Crippen LogP contribution in [0.1, 0.15) is 32.6 Å². The van der Waals surface area contributed by atoms with Gasteiger partial charge in [0.05, 0.1) is 18.1 Å². The number of hydrogen-bond acceptors (Lipinski definition) is 5. The predicted octanol–water partition coefficient (Wildman–Crippen LogP) is 0.916. The number of nitrogens with one attached hydrogen (secondary N) is 2. The molecule has 2 aliphatic rings. The van der Waals surface area contributed by atoms with E-state index in [1.165, 1.54) is 12.4 Å². The van der Waals surface area contributed by atoms with Crippen LogP contribution in [-0.2, 0) is 9.59 Å². The first-order valence-electron chi connectivity index (χ1n) is 7.71. The topological polar surface area (TPSA) is 104 Å². The van der Waals surface area contributed by atoms with Gasteiger partial charge in [-0.2, -0.15) is 10.2 Å². The normalized spacial score (nSPS) is 27.2. The summed E-state index contributed by atoms with van der Waals surface area (Å²) in [5.41, 5.74) is -0.347. The molecule has 1 saturated carbocycles. The van der Waals surface area contributed by atoms with Crippen molar-refractivity contribution in [3.63, 3.8) is 0 Å². The lowest BCUT2D eigenvalue weighted by atomic mass is 9.77. The van der Waals surface area contributed by atoms with Gasteiger partial charge < -0.3 is 10.6 Å². The largest absolute Gasteiger partial charge is 0.325 e. The molecule has 2 heterocycles. The average molecular weight is 317 g/mol. The Kier molecular flexibility index (Phi) is 3.97. The number of aromatic nitrogens is 2. The molecule has 1 saturated heterocycles. The zero-order valence-electron chi connectivity index (χ0n) is 12.9. The first kappa shape index (κ1) is 15.4. The van der Waals surface area contributed by atoms with Gasteiger partial charge in [-0.25, -0.2) is 4.79 Å². The Hall–Kier alpha value is -2.51. The molecule has 4 amide bonds. The number of hydrogen-bond donors (Lipinski definition) is 2. The molecule has 8 nitrogen and oxygen atoms in total. The second-order valence-corrected chi connectivity index (χ2v) is 6.27. The molecule has 0 aromatic carbocycles. The third-order valence-corrected chi connectivity index (χ3v) is 4.54. The minimum Gasteiger partial charge on any atom is -0.323 e. The zero-order valence-corrected chi connectivity index (χ0v) is 12.9. The van der Waals surface area contributed by atoms with Crippen LogP contribution in [0.3, 0.4) is 0 Å². The van der Waals surface area contributed by atoms with E-state index in [1.54, 1.807) is 6.07 Å². The third kappa shape index (κ3) is 3.01. The molecule has 1 spiro atoms. The smallest absolute Gasteiger partial charge is 0.323 e. The SMILES string of the molecule is CC1CCC2(CC1)NC(=O)N(CC(=O)Nc1ccnnc1)C2=O. The molecular weight excluding hydrogens is 298 g/mol. The van der Waals surface area contributed by atoms with Crippen LogP contribution in [0.5, 0.6) is 0 Å². The Bertz CT molecular complexity index is 625. The Balaban J connectivity index is 1.65. The fourth-order valence-corrected chi connectivity index (χ4v) is 3.12. The summed E-state index contributed by atoms with van der Waals surface area (Å²) >= 11 is 0. The van der Waals surface area contributed by atoms with Crippen molar-refractivity contribution in [1.29, 1.82) is 0 Å². The van der Waals surface area contributed by atoms with E-state index in [0.717, 1.165) is 17.7 Å². The number of carbonyl (C=O) groups is 3. The summed E-state index contributed by atoms with van der Waals surface area (Å²) in [6, 6.07) is 1.09. The number of urea groups is 1. The van der Waals surface area contributed by atoms with Crippen LogP contribution in [-0.4, -0.2) is 45.0 Å². The van der Waals surface area contributed by atoms with Crippen LogP contribution >= 0.6 is 0 Å². The molecule has 23 heavy (non-hydrogen) atoms. The van der Waals surface area contributed by atoms with Crippen LogP contribution < -0.4 is 10.6 Å². The van der Waals surface area contributed by atoms with E-state index in [1.807, 2.05) is 0 Å². The van der Waals surface area contributed by atoms with E-state index in [9.17, 15) is 14.4 Å². The Morgan fingerprint density at radius 3 is 2.78 bits per heavy atom. The fourth-order valence-electron chi connectivity index (χ4n) is 3.12. The monoisotopic (exact) mass is 317 g/mol. The van der Waals surface area contributed by atoms with Gasteiger partial charge in [0.1, 0.15) is 12.1 Å². The van der Waals surface area contributed by atoms with E-state index in [-0.39, 0.29) is 12.5 Å². The summed E-state index contributed by atoms with van der Waals surface area (Å²) in [4.78, 5) is 37.8. The van der Waals surface area contributed by atoms with E-state index in [2.05, 4.69) is 27.8 Å². The highest BCUT2D eigenvalue weighted by Crippen LogP contribution is 2.36. The Labute approximate surface area is 133 Å². The highest BCUT2D eigenvalue weighted by atomic mass is 16.2. The molecule has 0 bridgehead atoms. The average Bonchev–Trinajstić information content (AvgIpc) is 2.76. The highest BCUT2D eigenvalue weighted by molar-refractivity contribution is 6.10. The number of rotatable bonds is 3. The molecule has 3 rings (SSSR count). The van der Waals surface area contributed by atoms with E-state index in [0.29, 0.717) is 24.4 Å². The molecule has 122 valence electrons. The van der Waals surface area contributed by atoms with Crippen LogP contribution in [0.2, 0.25) is 0 Å². The van der Waals surface area contributed by atoms with Gasteiger partial charge in [-0.3, -0.25) is 14.5 Å². The molecule has 0 unspecified atom stereocenters. The maximum absolute atomic E-state index is 12.6.